The number of hydrogen-bond acceptors (Lipinski definition) is 4. The van der Waals surface area contributed by atoms with Gasteiger partial charge < -0.3 is 19.3 Å². The second kappa shape index (κ2) is 7.43. The molecular formula is C19H28N2O3. The minimum Gasteiger partial charge on any atom is -0.485 e. The number of ether oxygens (including phenoxy) is 2. The lowest BCUT2D eigenvalue weighted by Gasteiger charge is -2.41. The number of methoxy groups -OCH3 is 1. The molecule has 2 aliphatic rings. The second-order valence-corrected chi connectivity index (χ2v) is 6.80. The van der Waals surface area contributed by atoms with Gasteiger partial charge in [-0.2, -0.15) is 0 Å². The highest BCUT2D eigenvalue weighted by molar-refractivity contribution is 5.77. The Morgan fingerprint density at radius 1 is 1.21 bits per heavy atom. The molecule has 1 fully saturated rings. The zero-order valence-electron chi connectivity index (χ0n) is 14.8. The van der Waals surface area contributed by atoms with E-state index in [1.54, 1.807) is 7.11 Å². The second-order valence-electron chi connectivity index (χ2n) is 6.80. The third-order valence-electron chi connectivity index (χ3n) is 5.16. The van der Waals surface area contributed by atoms with Crippen LogP contribution in [0.2, 0.25) is 0 Å². The predicted molar refractivity (Wildman–Crippen MR) is 94.6 cm³/mol. The molecule has 0 aliphatic carbocycles. The highest BCUT2D eigenvalue weighted by Gasteiger charge is 2.40. The Labute approximate surface area is 144 Å². The first-order valence-corrected chi connectivity index (χ1v) is 8.97. The zero-order valence-corrected chi connectivity index (χ0v) is 14.8. The lowest BCUT2D eigenvalue weighted by Crippen LogP contribution is -2.51. The molecule has 0 unspecified atom stereocenters. The van der Waals surface area contributed by atoms with Gasteiger partial charge in [0.05, 0.1) is 5.69 Å². The molecule has 0 aromatic heterocycles. The number of piperidine rings is 1. The van der Waals surface area contributed by atoms with Crippen LogP contribution in [0, 0.1) is 0 Å². The molecule has 0 radical (unpaired) electrons. The van der Waals surface area contributed by atoms with Gasteiger partial charge in [0.25, 0.3) is 0 Å². The van der Waals surface area contributed by atoms with Crippen LogP contribution < -0.4 is 9.64 Å². The van der Waals surface area contributed by atoms with Gasteiger partial charge in [0.2, 0.25) is 5.91 Å². The van der Waals surface area contributed by atoms with Gasteiger partial charge in [-0.15, -0.1) is 0 Å². The number of para-hydroxylation sites is 2. The molecule has 5 heteroatoms. The van der Waals surface area contributed by atoms with E-state index in [-0.39, 0.29) is 18.1 Å². The summed E-state index contributed by atoms with van der Waals surface area (Å²) in [5.41, 5.74) is 1.05. The molecule has 132 valence electrons. The number of hydrogen-bond donors (Lipinski definition) is 0. The van der Waals surface area contributed by atoms with Crippen LogP contribution in [0.25, 0.3) is 0 Å². The molecule has 1 amide bonds. The number of nitrogens with zero attached hydrogens (tertiary/aromatic N) is 2. The van der Waals surface area contributed by atoms with Crippen LogP contribution in [0.15, 0.2) is 24.3 Å². The highest BCUT2D eigenvalue weighted by atomic mass is 16.5. The molecule has 1 spiro atoms. The summed E-state index contributed by atoms with van der Waals surface area (Å²) in [6.07, 6.45) is 3.90. The quantitative estimate of drug-likeness (QED) is 0.850. The Bertz CT molecular complexity index is 567. The Morgan fingerprint density at radius 2 is 1.92 bits per heavy atom. The van der Waals surface area contributed by atoms with E-state index in [1.165, 1.54) is 5.69 Å². The van der Waals surface area contributed by atoms with Gasteiger partial charge >= 0.3 is 0 Å². The minimum atomic E-state index is -0.150. The largest absolute Gasteiger partial charge is 0.485 e. The van der Waals surface area contributed by atoms with Crippen LogP contribution in [-0.2, 0) is 9.53 Å². The number of fused-ring (bicyclic) bond motifs is 1. The number of likely N-dealkylation sites (tertiary alicyclic amines) is 1. The van der Waals surface area contributed by atoms with E-state index in [4.69, 9.17) is 9.47 Å². The van der Waals surface area contributed by atoms with Crippen molar-refractivity contribution in [1.82, 2.24) is 4.90 Å². The molecule has 0 atom stereocenters. The van der Waals surface area contributed by atoms with Crippen molar-refractivity contribution in [3.8, 4) is 5.75 Å². The monoisotopic (exact) mass is 332 g/mol. The summed E-state index contributed by atoms with van der Waals surface area (Å²) in [6.45, 7) is 5.94. The van der Waals surface area contributed by atoms with Crippen molar-refractivity contribution in [2.45, 2.75) is 38.2 Å². The first-order valence-electron chi connectivity index (χ1n) is 8.97. The Hall–Kier alpha value is -1.75. The molecule has 0 N–H and O–H groups in total. The molecule has 2 heterocycles. The summed E-state index contributed by atoms with van der Waals surface area (Å²) in [7, 11) is 1.57. The van der Waals surface area contributed by atoms with Crippen molar-refractivity contribution in [1.29, 1.82) is 0 Å². The number of amides is 1. The van der Waals surface area contributed by atoms with Crippen LogP contribution in [0.4, 0.5) is 5.69 Å². The lowest BCUT2D eigenvalue weighted by molar-refractivity contribution is -0.138. The van der Waals surface area contributed by atoms with Crippen molar-refractivity contribution in [3.05, 3.63) is 24.3 Å². The topological polar surface area (TPSA) is 42.0 Å². The number of carbonyl (C=O) groups is 1. The minimum absolute atomic E-state index is 0.0778. The van der Waals surface area contributed by atoms with Crippen LogP contribution in [0.1, 0.15) is 32.6 Å². The van der Waals surface area contributed by atoms with Gasteiger partial charge in [0, 0.05) is 52.6 Å². The van der Waals surface area contributed by atoms with Crippen molar-refractivity contribution in [2.75, 3.05) is 44.8 Å². The molecule has 5 nitrogen and oxygen atoms in total. The summed E-state index contributed by atoms with van der Waals surface area (Å²) in [6, 6.07) is 8.35. The van der Waals surface area contributed by atoms with E-state index in [9.17, 15) is 4.79 Å². The number of carbonyl (C=O) groups excluding carboxylic acids is 1. The molecule has 2 aliphatic heterocycles. The van der Waals surface area contributed by atoms with Crippen molar-refractivity contribution in [2.24, 2.45) is 0 Å². The fourth-order valence-corrected chi connectivity index (χ4v) is 3.78. The maximum Gasteiger partial charge on any atom is 0.248 e. The van der Waals surface area contributed by atoms with E-state index in [0.29, 0.717) is 0 Å². The maximum absolute atomic E-state index is 12.0. The average molecular weight is 332 g/mol. The summed E-state index contributed by atoms with van der Waals surface area (Å²) in [4.78, 5) is 16.4. The highest BCUT2D eigenvalue weighted by Crippen LogP contribution is 2.40. The molecular weight excluding hydrogens is 304 g/mol. The average Bonchev–Trinajstić information content (AvgIpc) is 2.74. The van der Waals surface area contributed by atoms with Crippen LogP contribution in [0.5, 0.6) is 5.75 Å². The van der Waals surface area contributed by atoms with Crippen LogP contribution >= 0.6 is 0 Å². The van der Waals surface area contributed by atoms with E-state index in [1.807, 2.05) is 11.0 Å². The fourth-order valence-electron chi connectivity index (χ4n) is 3.78. The predicted octanol–water partition coefficient (Wildman–Crippen LogP) is 2.69. The van der Waals surface area contributed by atoms with E-state index in [2.05, 4.69) is 30.0 Å². The van der Waals surface area contributed by atoms with Gasteiger partial charge in [0.1, 0.15) is 18.0 Å². The van der Waals surface area contributed by atoms with E-state index < -0.39 is 0 Å². The molecule has 1 saturated heterocycles. The van der Waals surface area contributed by atoms with Gasteiger partial charge in [0.15, 0.2) is 0 Å². The Kier molecular flexibility index (Phi) is 5.29. The van der Waals surface area contributed by atoms with Crippen molar-refractivity contribution >= 4 is 11.6 Å². The lowest BCUT2D eigenvalue weighted by atomic mass is 9.87. The summed E-state index contributed by atoms with van der Waals surface area (Å²) in [5, 5.41) is 0. The number of anilines is 1. The molecule has 1 aromatic rings. The van der Waals surface area contributed by atoms with Gasteiger partial charge in [-0.05, 0) is 18.6 Å². The Balaban J connectivity index is 1.74. The summed E-state index contributed by atoms with van der Waals surface area (Å²) in [5.74, 6) is 1.06. The number of benzene rings is 1. The number of rotatable bonds is 4. The van der Waals surface area contributed by atoms with Crippen LogP contribution in [0.3, 0.4) is 0 Å². The standard InChI is InChI=1S/C19H28N2O3/c1-3-11-20-12-8-19(24-17-7-5-4-6-16(17)20)9-13-21(14-10-19)18(22)15-23-2/h4-7H,3,8-15H2,1-2H3. The van der Waals surface area contributed by atoms with Gasteiger partial charge in [-0.1, -0.05) is 19.1 Å². The molecule has 24 heavy (non-hydrogen) atoms. The third-order valence-corrected chi connectivity index (χ3v) is 5.16. The molecule has 1 aromatic carbocycles. The summed E-state index contributed by atoms with van der Waals surface area (Å²) >= 11 is 0. The molecule has 0 saturated carbocycles. The summed E-state index contributed by atoms with van der Waals surface area (Å²) < 4.78 is 11.5. The van der Waals surface area contributed by atoms with Crippen molar-refractivity contribution in [3.63, 3.8) is 0 Å². The van der Waals surface area contributed by atoms with Crippen LogP contribution in [-0.4, -0.2) is 56.3 Å². The van der Waals surface area contributed by atoms with E-state index in [0.717, 1.165) is 57.6 Å². The zero-order chi connectivity index (χ0) is 17.0. The smallest absolute Gasteiger partial charge is 0.248 e. The Morgan fingerprint density at radius 3 is 2.62 bits per heavy atom. The first-order chi connectivity index (χ1) is 11.7. The normalized spacial score (nSPS) is 19.6. The fraction of sp³-hybridized carbons (Fsp3) is 0.632. The third kappa shape index (κ3) is 3.51. The van der Waals surface area contributed by atoms with Crippen molar-refractivity contribution < 1.29 is 14.3 Å². The van der Waals surface area contributed by atoms with Gasteiger partial charge in [-0.25, -0.2) is 0 Å². The first kappa shape index (κ1) is 17.1. The van der Waals surface area contributed by atoms with E-state index >= 15 is 0 Å². The SMILES string of the molecule is CCCN1CCC2(CCN(C(=O)COC)CC2)Oc2ccccc21. The van der Waals surface area contributed by atoms with Gasteiger partial charge in [-0.3, -0.25) is 4.79 Å². The molecule has 3 rings (SSSR count). The molecule has 0 bridgehead atoms. The maximum atomic E-state index is 12.0.